The molecule has 0 N–H and O–H groups in total. The fourth-order valence-electron chi connectivity index (χ4n) is 1.60. The van der Waals surface area contributed by atoms with Crippen LogP contribution >= 0.6 is 0 Å². The second-order valence-corrected chi connectivity index (χ2v) is 3.64. The first-order valence-electron chi connectivity index (χ1n) is 4.46. The number of fused-ring (bicyclic) bond motifs is 1. The Labute approximate surface area is 73.4 Å². The summed E-state index contributed by atoms with van der Waals surface area (Å²) in [4.78, 5) is 0. The average molecular weight is 162 g/mol. The van der Waals surface area contributed by atoms with Crippen molar-refractivity contribution in [2.75, 3.05) is 0 Å². The topological polar surface area (TPSA) is 9.23 Å². The Bertz CT molecular complexity index is 294. The van der Waals surface area contributed by atoms with Gasteiger partial charge in [-0.2, -0.15) is 0 Å². The summed E-state index contributed by atoms with van der Waals surface area (Å²) >= 11 is 0. The minimum Gasteiger partial charge on any atom is -0.489 e. The molecule has 2 rings (SSSR count). The van der Waals surface area contributed by atoms with Gasteiger partial charge in [0.25, 0.3) is 0 Å². The van der Waals surface area contributed by atoms with Gasteiger partial charge < -0.3 is 4.74 Å². The van der Waals surface area contributed by atoms with Crippen molar-refractivity contribution in [2.24, 2.45) is 5.92 Å². The molecule has 2 atom stereocenters. The van der Waals surface area contributed by atoms with Crippen LogP contribution in [-0.4, -0.2) is 6.10 Å². The molecule has 0 saturated carbocycles. The molecule has 0 spiro atoms. The summed E-state index contributed by atoms with van der Waals surface area (Å²) in [6.45, 7) is 6.44. The lowest BCUT2D eigenvalue weighted by Crippen LogP contribution is -2.21. The molecular formula is C11H14O. The van der Waals surface area contributed by atoms with E-state index < -0.39 is 0 Å². The lowest BCUT2D eigenvalue weighted by Gasteiger charge is -2.26. The molecule has 2 unspecified atom stereocenters. The molecule has 0 aromatic rings. The molecule has 2 aliphatic rings. The monoisotopic (exact) mass is 162 g/mol. The molecule has 64 valence electrons. The predicted molar refractivity (Wildman–Crippen MR) is 49.6 cm³/mol. The van der Waals surface area contributed by atoms with Gasteiger partial charge >= 0.3 is 0 Å². The van der Waals surface area contributed by atoms with Gasteiger partial charge in [0.15, 0.2) is 0 Å². The van der Waals surface area contributed by atoms with E-state index in [2.05, 4.69) is 39.0 Å². The first-order valence-corrected chi connectivity index (χ1v) is 4.46. The summed E-state index contributed by atoms with van der Waals surface area (Å²) in [5, 5.41) is 0. The first-order chi connectivity index (χ1) is 5.68. The molecule has 1 heterocycles. The molecule has 1 heteroatoms. The van der Waals surface area contributed by atoms with E-state index in [4.69, 9.17) is 4.74 Å². The van der Waals surface area contributed by atoms with E-state index in [-0.39, 0.29) is 0 Å². The number of rotatable bonds is 0. The average Bonchev–Trinajstić information content (AvgIpc) is 2.35. The van der Waals surface area contributed by atoms with Gasteiger partial charge in [-0.05, 0) is 25.5 Å². The summed E-state index contributed by atoms with van der Waals surface area (Å²) in [5.74, 6) is 1.58. The molecule has 0 radical (unpaired) electrons. The normalized spacial score (nSPS) is 33.1. The van der Waals surface area contributed by atoms with Crippen molar-refractivity contribution >= 4 is 0 Å². The maximum atomic E-state index is 5.73. The zero-order chi connectivity index (χ0) is 8.72. The summed E-state index contributed by atoms with van der Waals surface area (Å²) in [5.41, 5.74) is 2.62. The second kappa shape index (κ2) is 2.51. The second-order valence-electron chi connectivity index (χ2n) is 3.64. The molecule has 0 bridgehead atoms. The molecule has 0 saturated heterocycles. The highest BCUT2D eigenvalue weighted by molar-refractivity contribution is 5.52. The smallest absolute Gasteiger partial charge is 0.126 e. The summed E-state index contributed by atoms with van der Waals surface area (Å²) in [7, 11) is 0. The lowest BCUT2D eigenvalue weighted by molar-refractivity contribution is 0.0985. The van der Waals surface area contributed by atoms with Crippen molar-refractivity contribution < 1.29 is 4.74 Å². The van der Waals surface area contributed by atoms with E-state index >= 15 is 0 Å². The van der Waals surface area contributed by atoms with Crippen LogP contribution in [0.15, 0.2) is 35.1 Å². The summed E-state index contributed by atoms with van der Waals surface area (Å²) < 4.78 is 5.73. The van der Waals surface area contributed by atoms with Gasteiger partial charge in [0.05, 0.1) is 0 Å². The Kier molecular flexibility index (Phi) is 1.60. The molecule has 0 fully saturated rings. The number of allylic oxidation sites excluding steroid dienone is 3. The van der Waals surface area contributed by atoms with Crippen molar-refractivity contribution in [1.82, 2.24) is 0 Å². The van der Waals surface area contributed by atoms with Crippen molar-refractivity contribution in [3.8, 4) is 0 Å². The van der Waals surface area contributed by atoms with E-state index in [0.29, 0.717) is 12.0 Å². The minimum absolute atomic E-state index is 0.319. The molecule has 1 nitrogen and oxygen atoms in total. The third-order valence-corrected chi connectivity index (χ3v) is 2.66. The fraction of sp³-hybridized carbons (Fsp3) is 0.455. The summed E-state index contributed by atoms with van der Waals surface area (Å²) in [6.07, 6.45) is 6.80. The Morgan fingerprint density at radius 1 is 1.25 bits per heavy atom. The number of ether oxygens (including phenoxy) is 1. The standard InChI is InChI=1S/C11H14O/c1-7-4-5-11-10(7)6-8(2)9(3)12-11/h4-6,8-9H,1-3H3. The van der Waals surface area contributed by atoms with E-state index in [1.807, 2.05) is 0 Å². The minimum atomic E-state index is 0.319. The van der Waals surface area contributed by atoms with Gasteiger partial charge in [0.2, 0.25) is 0 Å². The largest absolute Gasteiger partial charge is 0.489 e. The quantitative estimate of drug-likeness (QED) is 0.532. The Balaban J connectivity index is 2.36. The number of hydrogen-bond donors (Lipinski definition) is 0. The van der Waals surface area contributed by atoms with Crippen molar-refractivity contribution in [3.05, 3.63) is 35.1 Å². The van der Waals surface area contributed by atoms with Gasteiger partial charge in [-0.3, -0.25) is 0 Å². The Morgan fingerprint density at radius 3 is 2.75 bits per heavy atom. The molecule has 12 heavy (non-hydrogen) atoms. The highest BCUT2D eigenvalue weighted by atomic mass is 16.5. The predicted octanol–water partition coefficient (Wildman–Crippen LogP) is 2.81. The Hall–Kier alpha value is -0.980. The van der Waals surface area contributed by atoms with Crippen LogP contribution in [0.3, 0.4) is 0 Å². The maximum Gasteiger partial charge on any atom is 0.126 e. The SMILES string of the molecule is CC1=CC=C2OC(C)C(C)C=C12. The zero-order valence-electron chi connectivity index (χ0n) is 7.79. The molecule has 0 aromatic carbocycles. The van der Waals surface area contributed by atoms with E-state index in [1.165, 1.54) is 11.1 Å². The van der Waals surface area contributed by atoms with Crippen LogP contribution in [0.2, 0.25) is 0 Å². The van der Waals surface area contributed by atoms with Crippen LogP contribution in [0.1, 0.15) is 20.8 Å². The van der Waals surface area contributed by atoms with Gasteiger partial charge in [0, 0.05) is 11.5 Å². The highest BCUT2D eigenvalue weighted by Crippen LogP contribution is 2.34. The van der Waals surface area contributed by atoms with E-state index in [0.717, 1.165) is 5.76 Å². The van der Waals surface area contributed by atoms with Crippen LogP contribution in [-0.2, 0) is 4.74 Å². The van der Waals surface area contributed by atoms with Crippen LogP contribution < -0.4 is 0 Å². The van der Waals surface area contributed by atoms with Crippen molar-refractivity contribution in [2.45, 2.75) is 26.9 Å². The van der Waals surface area contributed by atoms with E-state index in [9.17, 15) is 0 Å². The third kappa shape index (κ3) is 1.01. The van der Waals surface area contributed by atoms with Crippen LogP contribution in [0.25, 0.3) is 0 Å². The molecule has 1 aliphatic carbocycles. The lowest BCUT2D eigenvalue weighted by atomic mass is 9.96. The van der Waals surface area contributed by atoms with Crippen molar-refractivity contribution in [1.29, 1.82) is 0 Å². The maximum absolute atomic E-state index is 5.73. The molecule has 1 aliphatic heterocycles. The Morgan fingerprint density at radius 2 is 2.00 bits per heavy atom. The molecule has 0 aromatic heterocycles. The van der Waals surface area contributed by atoms with E-state index in [1.54, 1.807) is 0 Å². The van der Waals surface area contributed by atoms with Crippen LogP contribution in [0.4, 0.5) is 0 Å². The molecular weight excluding hydrogens is 148 g/mol. The van der Waals surface area contributed by atoms with Crippen molar-refractivity contribution in [3.63, 3.8) is 0 Å². The van der Waals surface area contributed by atoms with Gasteiger partial charge in [-0.15, -0.1) is 0 Å². The van der Waals surface area contributed by atoms with Gasteiger partial charge in [-0.1, -0.05) is 19.1 Å². The highest BCUT2D eigenvalue weighted by Gasteiger charge is 2.24. The fourth-order valence-corrected chi connectivity index (χ4v) is 1.60. The van der Waals surface area contributed by atoms with Crippen LogP contribution in [0, 0.1) is 5.92 Å². The van der Waals surface area contributed by atoms with Crippen LogP contribution in [0.5, 0.6) is 0 Å². The third-order valence-electron chi connectivity index (χ3n) is 2.66. The van der Waals surface area contributed by atoms with Gasteiger partial charge in [-0.25, -0.2) is 0 Å². The summed E-state index contributed by atoms with van der Waals surface area (Å²) in [6, 6.07) is 0. The zero-order valence-corrected chi connectivity index (χ0v) is 7.79. The molecule has 0 amide bonds. The number of hydrogen-bond acceptors (Lipinski definition) is 1. The first kappa shape index (κ1) is 7.66. The van der Waals surface area contributed by atoms with Gasteiger partial charge in [0.1, 0.15) is 11.9 Å².